The zero-order valence-electron chi connectivity index (χ0n) is 18.1. The summed E-state index contributed by atoms with van der Waals surface area (Å²) in [6, 6.07) is 31.6. The van der Waals surface area contributed by atoms with E-state index in [1.807, 2.05) is 0 Å². The lowest BCUT2D eigenvalue weighted by Crippen LogP contribution is -2.33. The molecule has 0 unspecified atom stereocenters. The predicted molar refractivity (Wildman–Crippen MR) is 139 cm³/mol. The zero-order chi connectivity index (χ0) is 21.6. The third-order valence-corrected chi connectivity index (χ3v) is 6.96. The Morgan fingerprint density at radius 3 is 1.68 bits per heavy atom. The van der Waals surface area contributed by atoms with Gasteiger partial charge in [-0.05, 0) is 58.0 Å². The second-order valence-electron chi connectivity index (χ2n) is 8.32. The van der Waals surface area contributed by atoms with Gasteiger partial charge >= 0.3 is 0 Å². The van der Waals surface area contributed by atoms with Crippen LogP contribution in [-0.4, -0.2) is 14.6 Å². The number of aryl methyl sites for hydroxylation is 1. The smallest absolute Gasteiger partial charge is 0.0883 e. The third-order valence-electron chi connectivity index (χ3n) is 6.50. The summed E-state index contributed by atoms with van der Waals surface area (Å²) in [5.74, 6) is 0. The maximum Gasteiger partial charge on any atom is 0.148 e. The van der Waals surface area contributed by atoms with E-state index >= 15 is 0 Å². The molecule has 5 rings (SSSR count). The van der Waals surface area contributed by atoms with E-state index in [1.165, 1.54) is 49.9 Å². The SMILES string of the molecule is C[B]c1cc([B]C)cc(C2(c3cc(C)cc(Br)c3)c3ccccc3-c3ccccc32)c1. The quantitative estimate of drug-likeness (QED) is 0.294. The number of hydrogen-bond donors (Lipinski definition) is 0. The maximum absolute atomic E-state index is 3.78. The Labute approximate surface area is 195 Å². The van der Waals surface area contributed by atoms with Crippen molar-refractivity contribution < 1.29 is 0 Å². The van der Waals surface area contributed by atoms with Crippen LogP contribution in [0.2, 0.25) is 13.6 Å². The minimum absolute atomic E-state index is 0.363. The predicted octanol–water partition coefficient (Wildman–Crippen LogP) is 5.88. The summed E-state index contributed by atoms with van der Waals surface area (Å²) >= 11 is 3.78. The highest BCUT2D eigenvalue weighted by Crippen LogP contribution is 2.56. The lowest BCUT2D eigenvalue weighted by molar-refractivity contribution is 0.768. The van der Waals surface area contributed by atoms with Crippen LogP contribution in [0.4, 0.5) is 0 Å². The topological polar surface area (TPSA) is 0 Å². The van der Waals surface area contributed by atoms with Crippen LogP contribution >= 0.6 is 15.9 Å². The lowest BCUT2D eigenvalue weighted by Gasteiger charge is -2.35. The Kier molecular flexibility index (Phi) is 5.18. The van der Waals surface area contributed by atoms with Gasteiger partial charge in [0.1, 0.15) is 14.6 Å². The third kappa shape index (κ3) is 3.13. The Hall–Kier alpha value is -2.51. The molecular formula is C28H23B2Br. The fourth-order valence-corrected chi connectivity index (χ4v) is 5.81. The van der Waals surface area contributed by atoms with Crippen molar-refractivity contribution in [1.29, 1.82) is 0 Å². The Morgan fingerprint density at radius 1 is 0.645 bits per heavy atom. The van der Waals surface area contributed by atoms with E-state index in [1.54, 1.807) is 0 Å². The van der Waals surface area contributed by atoms with Crippen molar-refractivity contribution in [2.45, 2.75) is 26.0 Å². The van der Waals surface area contributed by atoms with Crippen molar-refractivity contribution in [2.75, 3.05) is 0 Å². The zero-order valence-corrected chi connectivity index (χ0v) is 19.7. The van der Waals surface area contributed by atoms with E-state index in [-0.39, 0.29) is 5.41 Å². The molecule has 0 aromatic heterocycles. The van der Waals surface area contributed by atoms with Gasteiger partial charge in [0.15, 0.2) is 0 Å². The van der Waals surface area contributed by atoms with Gasteiger partial charge in [-0.25, -0.2) is 0 Å². The number of benzene rings is 4. The summed E-state index contributed by atoms with van der Waals surface area (Å²) in [5, 5.41) is 0. The van der Waals surface area contributed by atoms with Gasteiger partial charge < -0.3 is 0 Å². The largest absolute Gasteiger partial charge is 0.148 e. The molecule has 4 aromatic rings. The van der Waals surface area contributed by atoms with Crippen LogP contribution in [0.15, 0.2) is 89.4 Å². The number of fused-ring (bicyclic) bond motifs is 3. The average molecular weight is 461 g/mol. The van der Waals surface area contributed by atoms with E-state index in [2.05, 4.69) is 136 Å². The Bertz CT molecular complexity index is 1200. The van der Waals surface area contributed by atoms with Crippen LogP contribution < -0.4 is 10.9 Å². The summed E-state index contributed by atoms with van der Waals surface area (Å²) in [6.07, 6.45) is 0. The van der Waals surface area contributed by atoms with Crippen molar-refractivity contribution in [2.24, 2.45) is 0 Å². The lowest BCUT2D eigenvalue weighted by atomic mass is 9.61. The molecule has 0 saturated carbocycles. The minimum atomic E-state index is -0.363. The number of hydrogen-bond acceptors (Lipinski definition) is 0. The van der Waals surface area contributed by atoms with Gasteiger partial charge in [0.05, 0.1) is 5.41 Å². The standard InChI is InChI=1S/C28H23B2Br/c1-18-12-19(16-23(31)13-18)28(20-14-21(29-2)17-22(15-20)30-3)26-10-6-4-8-24(26)25-9-5-7-11-27(25)28/h4-17H,1-3H3. The van der Waals surface area contributed by atoms with Gasteiger partial charge in [-0.3, -0.25) is 0 Å². The molecule has 3 heteroatoms. The molecule has 0 bridgehead atoms. The molecule has 1 aliphatic rings. The minimum Gasteiger partial charge on any atom is -0.0883 e. The van der Waals surface area contributed by atoms with Gasteiger partial charge in [0.25, 0.3) is 0 Å². The normalized spacial score (nSPS) is 13.4. The summed E-state index contributed by atoms with van der Waals surface area (Å²) in [7, 11) is 4.40. The fraction of sp³-hybridized carbons (Fsp3) is 0.143. The summed E-state index contributed by atoms with van der Waals surface area (Å²) in [6.45, 7) is 6.41. The summed E-state index contributed by atoms with van der Waals surface area (Å²) in [5.41, 5.74) is 11.3. The van der Waals surface area contributed by atoms with Gasteiger partial charge in [0, 0.05) is 4.47 Å². The molecule has 0 spiro atoms. The van der Waals surface area contributed by atoms with E-state index in [9.17, 15) is 0 Å². The second kappa shape index (κ2) is 7.88. The molecule has 1 aliphatic carbocycles. The first kappa shape index (κ1) is 20.4. The van der Waals surface area contributed by atoms with Crippen LogP contribution in [0.3, 0.4) is 0 Å². The van der Waals surface area contributed by atoms with Gasteiger partial charge in [-0.1, -0.05) is 113 Å². The van der Waals surface area contributed by atoms with Crippen LogP contribution in [0.5, 0.6) is 0 Å². The van der Waals surface area contributed by atoms with Crippen molar-refractivity contribution in [3.63, 3.8) is 0 Å². The first-order valence-corrected chi connectivity index (χ1v) is 11.6. The van der Waals surface area contributed by atoms with Crippen LogP contribution in [-0.2, 0) is 5.41 Å². The molecule has 2 radical (unpaired) electrons. The van der Waals surface area contributed by atoms with Crippen LogP contribution in [0, 0.1) is 6.92 Å². The molecule has 0 fully saturated rings. The van der Waals surface area contributed by atoms with Crippen molar-refractivity contribution in [3.05, 3.63) is 117 Å². The molecule has 148 valence electrons. The van der Waals surface area contributed by atoms with E-state index in [0.717, 1.165) is 4.47 Å². The monoisotopic (exact) mass is 460 g/mol. The molecule has 31 heavy (non-hydrogen) atoms. The molecular weight excluding hydrogens is 438 g/mol. The molecule has 0 N–H and O–H groups in total. The Morgan fingerprint density at radius 2 is 1.16 bits per heavy atom. The van der Waals surface area contributed by atoms with Gasteiger partial charge in [-0.2, -0.15) is 0 Å². The average Bonchev–Trinajstić information content (AvgIpc) is 3.09. The van der Waals surface area contributed by atoms with E-state index in [0.29, 0.717) is 0 Å². The van der Waals surface area contributed by atoms with Crippen molar-refractivity contribution >= 4 is 41.4 Å². The van der Waals surface area contributed by atoms with Gasteiger partial charge in [0.2, 0.25) is 0 Å². The Balaban J connectivity index is 1.98. The summed E-state index contributed by atoms with van der Waals surface area (Å²) < 4.78 is 1.12. The molecule has 0 heterocycles. The van der Waals surface area contributed by atoms with Crippen LogP contribution in [0.25, 0.3) is 11.1 Å². The summed E-state index contributed by atoms with van der Waals surface area (Å²) in [4.78, 5) is 0. The van der Waals surface area contributed by atoms with Gasteiger partial charge in [-0.15, -0.1) is 0 Å². The van der Waals surface area contributed by atoms with E-state index < -0.39 is 0 Å². The van der Waals surface area contributed by atoms with Crippen molar-refractivity contribution in [3.8, 4) is 11.1 Å². The molecule has 0 atom stereocenters. The highest BCUT2D eigenvalue weighted by molar-refractivity contribution is 9.10. The van der Waals surface area contributed by atoms with Crippen molar-refractivity contribution in [1.82, 2.24) is 0 Å². The molecule has 0 amide bonds. The first-order chi connectivity index (χ1) is 15.1. The molecule has 4 aromatic carbocycles. The highest BCUT2D eigenvalue weighted by atomic mass is 79.9. The first-order valence-electron chi connectivity index (χ1n) is 10.8. The second-order valence-corrected chi connectivity index (χ2v) is 9.24. The van der Waals surface area contributed by atoms with Crippen LogP contribution in [0.1, 0.15) is 27.8 Å². The molecule has 0 saturated heterocycles. The molecule has 0 nitrogen and oxygen atoms in total. The maximum atomic E-state index is 3.78. The van der Waals surface area contributed by atoms with E-state index in [4.69, 9.17) is 0 Å². The number of rotatable bonds is 4. The highest BCUT2D eigenvalue weighted by Gasteiger charge is 2.46. The fourth-order valence-electron chi connectivity index (χ4n) is 5.20. The number of halogens is 1. The molecule has 0 aliphatic heterocycles.